The van der Waals surface area contributed by atoms with Crippen LogP contribution in [-0.4, -0.2) is 11.9 Å². The van der Waals surface area contributed by atoms with Crippen LogP contribution in [0.2, 0.25) is 0 Å². The van der Waals surface area contributed by atoms with Gasteiger partial charge in [-0.1, -0.05) is 0 Å². The summed E-state index contributed by atoms with van der Waals surface area (Å²) in [7, 11) is 0. The average molecular weight is 292 g/mol. The second-order valence-corrected chi connectivity index (χ2v) is 4.04. The van der Waals surface area contributed by atoms with Crippen molar-refractivity contribution in [2.75, 3.05) is 5.43 Å². The van der Waals surface area contributed by atoms with E-state index in [0.29, 0.717) is 0 Å². The number of ether oxygens (including phenoxy) is 1. The number of hydrogen-bond acceptors (Lipinski definition) is 4. The van der Waals surface area contributed by atoms with Crippen molar-refractivity contribution in [3.05, 3.63) is 18.2 Å². The number of alkyl halides is 6. The molecule has 0 spiro atoms. The Morgan fingerprint density at radius 2 is 1.72 bits per heavy atom. The van der Waals surface area contributed by atoms with Crippen LogP contribution in [0.25, 0.3) is 0 Å². The Hall–Kier alpha value is -1.29. The van der Waals surface area contributed by atoms with Crippen molar-refractivity contribution in [3.63, 3.8) is 0 Å². The number of anilines is 1. The number of halogens is 6. The summed E-state index contributed by atoms with van der Waals surface area (Å²) in [5, 5.41) is 0. The van der Waals surface area contributed by atoms with E-state index in [1.165, 1.54) is 0 Å². The Balaban J connectivity index is 2.97. The van der Waals surface area contributed by atoms with Gasteiger partial charge in [-0.2, -0.15) is 13.2 Å². The lowest BCUT2D eigenvalue weighted by Gasteiger charge is -2.14. The van der Waals surface area contributed by atoms with Crippen molar-refractivity contribution in [1.29, 1.82) is 0 Å². The Bertz CT molecular complexity index is 419. The van der Waals surface area contributed by atoms with E-state index in [9.17, 15) is 26.3 Å². The molecule has 0 unspecified atom stereocenters. The average Bonchev–Trinajstić information content (AvgIpc) is 2.16. The van der Waals surface area contributed by atoms with Gasteiger partial charge in [-0.25, -0.2) is 0 Å². The second kappa shape index (κ2) is 5.14. The highest BCUT2D eigenvalue weighted by Crippen LogP contribution is 2.40. The fraction of sp³-hybridized carbons (Fsp3) is 0.250. The van der Waals surface area contributed by atoms with Crippen LogP contribution in [0, 0.1) is 0 Å². The number of nitrogens with two attached hydrogens (primary N) is 1. The van der Waals surface area contributed by atoms with Crippen LogP contribution in [-0.2, 0) is 0 Å². The zero-order chi connectivity index (χ0) is 14.0. The van der Waals surface area contributed by atoms with E-state index in [1.807, 2.05) is 5.43 Å². The first-order valence-electron chi connectivity index (χ1n) is 4.23. The van der Waals surface area contributed by atoms with Crippen LogP contribution in [0.5, 0.6) is 5.75 Å². The predicted octanol–water partition coefficient (Wildman–Crippen LogP) is 3.48. The summed E-state index contributed by atoms with van der Waals surface area (Å²) in [6, 6.07) is 2.40. The first-order valence-corrected chi connectivity index (χ1v) is 5.04. The molecule has 0 aliphatic heterocycles. The molecule has 0 bridgehead atoms. The number of rotatable bonds is 3. The van der Waals surface area contributed by atoms with Crippen molar-refractivity contribution in [3.8, 4) is 5.75 Å². The lowest BCUT2D eigenvalue weighted by Crippen LogP contribution is -2.19. The molecule has 0 aliphatic rings. The van der Waals surface area contributed by atoms with Crippen LogP contribution in [0.1, 0.15) is 0 Å². The molecule has 10 heteroatoms. The third-order valence-corrected chi connectivity index (χ3v) is 2.29. The van der Waals surface area contributed by atoms with Crippen molar-refractivity contribution in [2.24, 2.45) is 5.84 Å². The zero-order valence-corrected chi connectivity index (χ0v) is 9.21. The van der Waals surface area contributed by atoms with E-state index < -0.39 is 35.1 Å². The number of nitrogen functional groups attached to an aromatic ring is 1. The quantitative estimate of drug-likeness (QED) is 0.387. The number of hydrazine groups is 1. The van der Waals surface area contributed by atoms with Crippen molar-refractivity contribution < 1.29 is 31.1 Å². The van der Waals surface area contributed by atoms with Crippen LogP contribution >= 0.6 is 11.8 Å². The summed E-state index contributed by atoms with van der Waals surface area (Å²) < 4.78 is 75.6. The molecule has 102 valence electrons. The first kappa shape index (κ1) is 14.8. The number of nitrogens with one attached hydrogen (secondary N) is 1. The molecule has 1 aromatic carbocycles. The number of hydrogen-bond donors (Lipinski definition) is 2. The molecule has 0 aliphatic carbocycles. The molecule has 18 heavy (non-hydrogen) atoms. The Morgan fingerprint density at radius 1 is 1.11 bits per heavy atom. The largest absolute Gasteiger partial charge is 0.573 e. The summed E-state index contributed by atoms with van der Waals surface area (Å²) in [5.41, 5.74) is -3.11. The minimum atomic E-state index is -4.95. The maximum atomic E-state index is 12.0. The fourth-order valence-corrected chi connectivity index (χ4v) is 1.61. The van der Waals surface area contributed by atoms with Gasteiger partial charge in [0.2, 0.25) is 0 Å². The van der Waals surface area contributed by atoms with Gasteiger partial charge in [0.15, 0.2) is 5.75 Å². The molecule has 3 N–H and O–H groups in total. The summed E-state index contributed by atoms with van der Waals surface area (Å²) in [6.45, 7) is 0. The van der Waals surface area contributed by atoms with Crippen LogP contribution in [0.3, 0.4) is 0 Å². The maximum absolute atomic E-state index is 12.0. The first-order chi connectivity index (χ1) is 8.11. The lowest BCUT2D eigenvalue weighted by molar-refractivity contribution is -0.274. The molecule has 1 aromatic rings. The van der Waals surface area contributed by atoms with E-state index in [4.69, 9.17) is 5.84 Å². The molecule has 1 rings (SSSR count). The zero-order valence-electron chi connectivity index (χ0n) is 8.39. The van der Waals surface area contributed by atoms with E-state index in [-0.39, 0.29) is 4.90 Å². The van der Waals surface area contributed by atoms with E-state index in [2.05, 4.69) is 4.74 Å². The van der Waals surface area contributed by atoms with E-state index >= 15 is 0 Å². The van der Waals surface area contributed by atoms with Crippen molar-refractivity contribution in [2.45, 2.75) is 16.8 Å². The summed E-state index contributed by atoms with van der Waals surface area (Å²) in [6.07, 6.45) is -4.95. The van der Waals surface area contributed by atoms with Gasteiger partial charge in [-0.15, -0.1) is 13.2 Å². The number of thioether (sulfide) groups is 1. The Kier molecular flexibility index (Phi) is 4.22. The van der Waals surface area contributed by atoms with Gasteiger partial charge in [0.25, 0.3) is 0 Å². The number of benzene rings is 1. The highest BCUT2D eigenvalue weighted by molar-refractivity contribution is 8.00. The summed E-state index contributed by atoms with van der Waals surface area (Å²) in [5.74, 6) is 4.20. The van der Waals surface area contributed by atoms with Crippen molar-refractivity contribution >= 4 is 17.4 Å². The van der Waals surface area contributed by atoms with E-state index in [0.717, 1.165) is 18.2 Å². The predicted molar refractivity (Wildman–Crippen MR) is 52.8 cm³/mol. The highest BCUT2D eigenvalue weighted by atomic mass is 32.2. The monoisotopic (exact) mass is 292 g/mol. The molecule has 0 saturated heterocycles. The Morgan fingerprint density at radius 3 is 2.17 bits per heavy atom. The molecular formula is C8H6F6N2OS. The van der Waals surface area contributed by atoms with Gasteiger partial charge in [0.1, 0.15) is 0 Å². The molecule has 0 saturated carbocycles. The molecule has 0 amide bonds. The van der Waals surface area contributed by atoms with Gasteiger partial charge in [-0.05, 0) is 30.0 Å². The molecule has 0 radical (unpaired) electrons. The van der Waals surface area contributed by atoms with Crippen LogP contribution in [0.4, 0.5) is 32.0 Å². The molecule has 3 nitrogen and oxygen atoms in total. The SMILES string of the molecule is NNc1cc(SC(F)(F)F)ccc1OC(F)(F)F. The molecule has 0 atom stereocenters. The minimum Gasteiger partial charge on any atom is -0.404 e. The third kappa shape index (κ3) is 4.92. The third-order valence-electron chi connectivity index (χ3n) is 1.57. The summed E-state index contributed by atoms with van der Waals surface area (Å²) in [4.78, 5) is -0.315. The summed E-state index contributed by atoms with van der Waals surface area (Å²) >= 11 is -0.475. The highest BCUT2D eigenvalue weighted by Gasteiger charge is 2.33. The lowest BCUT2D eigenvalue weighted by atomic mass is 10.3. The van der Waals surface area contributed by atoms with Gasteiger partial charge >= 0.3 is 11.9 Å². The Labute approximate surface area is 101 Å². The topological polar surface area (TPSA) is 47.3 Å². The maximum Gasteiger partial charge on any atom is 0.573 e. The van der Waals surface area contributed by atoms with Crippen LogP contribution in [0.15, 0.2) is 23.1 Å². The molecule has 0 fully saturated rings. The standard InChI is InChI=1S/C8H6F6N2OS/c9-7(10,11)17-6-2-1-4(3-5(6)16-15)18-8(12,13)14/h1-3,16H,15H2. The smallest absolute Gasteiger partial charge is 0.404 e. The molecule has 0 heterocycles. The fourth-order valence-electron chi connectivity index (χ4n) is 1.03. The molecular weight excluding hydrogens is 286 g/mol. The van der Waals surface area contributed by atoms with Gasteiger partial charge in [0, 0.05) is 4.90 Å². The van der Waals surface area contributed by atoms with Crippen molar-refractivity contribution in [1.82, 2.24) is 0 Å². The minimum absolute atomic E-state index is 0.315. The van der Waals surface area contributed by atoms with Crippen LogP contribution < -0.4 is 16.0 Å². The normalized spacial score (nSPS) is 12.4. The van der Waals surface area contributed by atoms with Gasteiger partial charge in [0.05, 0.1) is 5.69 Å². The second-order valence-electron chi connectivity index (χ2n) is 2.90. The van der Waals surface area contributed by atoms with Gasteiger partial charge in [-0.3, -0.25) is 5.84 Å². The molecule has 0 aromatic heterocycles. The van der Waals surface area contributed by atoms with Gasteiger partial charge < -0.3 is 10.2 Å². The van der Waals surface area contributed by atoms with E-state index in [1.54, 1.807) is 0 Å².